The van der Waals surface area contributed by atoms with E-state index in [1.165, 1.54) is 0 Å². The Morgan fingerprint density at radius 2 is 1.62 bits per heavy atom. The van der Waals surface area contributed by atoms with Gasteiger partial charge in [-0.15, -0.1) is 0 Å². The molecule has 0 saturated carbocycles. The number of ether oxygens (including phenoxy) is 2. The Bertz CT molecular complexity index is 554. The molecule has 0 spiro atoms. The van der Waals surface area contributed by atoms with Gasteiger partial charge in [0.05, 0.1) is 13.7 Å². The molecule has 2 aromatic carbocycles. The summed E-state index contributed by atoms with van der Waals surface area (Å²) in [6.07, 6.45) is -0.618. The van der Waals surface area contributed by atoms with Gasteiger partial charge in [0.15, 0.2) is 0 Å². The number of hydroxylamine groups is 1. The van der Waals surface area contributed by atoms with Crippen molar-refractivity contribution in [3.05, 3.63) is 65.7 Å². The summed E-state index contributed by atoms with van der Waals surface area (Å²) < 4.78 is 10.1. The number of carbonyl (C=O) groups is 1. The first-order valence-corrected chi connectivity index (χ1v) is 6.49. The zero-order valence-corrected chi connectivity index (χ0v) is 11.7. The molecule has 0 aromatic heterocycles. The predicted molar refractivity (Wildman–Crippen MR) is 77.5 cm³/mol. The molecular weight excluding hydrogens is 270 g/mol. The molecule has 0 atom stereocenters. The Kier molecular flexibility index (Phi) is 5.60. The van der Waals surface area contributed by atoms with Crippen molar-refractivity contribution in [2.75, 3.05) is 7.11 Å². The third kappa shape index (κ3) is 5.16. The average Bonchev–Trinajstić information content (AvgIpc) is 2.54. The van der Waals surface area contributed by atoms with Gasteiger partial charge in [0.1, 0.15) is 12.4 Å². The number of hydrogen-bond donors (Lipinski definition) is 1. The fraction of sp³-hybridized carbons (Fsp3) is 0.188. The van der Waals surface area contributed by atoms with E-state index >= 15 is 0 Å². The summed E-state index contributed by atoms with van der Waals surface area (Å²) in [6.45, 7) is 0.461. The fourth-order valence-corrected chi connectivity index (χ4v) is 1.65. The Balaban J connectivity index is 1.66. The lowest BCUT2D eigenvalue weighted by Crippen LogP contribution is -2.24. The molecule has 0 aliphatic rings. The SMILES string of the molecule is COc1ccc(CONC(=O)OCc2ccccc2)cc1. The molecule has 0 bridgehead atoms. The Hall–Kier alpha value is -2.53. The van der Waals surface area contributed by atoms with E-state index in [0.29, 0.717) is 0 Å². The third-order valence-corrected chi connectivity index (χ3v) is 2.77. The molecule has 0 heterocycles. The van der Waals surface area contributed by atoms with Crippen LogP contribution in [0, 0.1) is 0 Å². The van der Waals surface area contributed by atoms with Crippen LogP contribution in [0.25, 0.3) is 0 Å². The first-order valence-electron chi connectivity index (χ1n) is 6.49. The van der Waals surface area contributed by atoms with E-state index in [0.717, 1.165) is 16.9 Å². The van der Waals surface area contributed by atoms with Gasteiger partial charge in [0.25, 0.3) is 0 Å². The van der Waals surface area contributed by atoms with Crippen molar-refractivity contribution in [2.45, 2.75) is 13.2 Å². The predicted octanol–water partition coefficient (Wildman–Crippen LogP) is 3.05. The van der Waals surface area contributed by atoms with Crippen molar-refractivity contribution < 1.29 is 19.1 Å². The minimum absolute atomic E-state index is 0.207. The van der Waals surface area contributed by atoms with Crippen molar-refractivity contribution in [3.8, 4) is 5.75 Å². The Labute approximate surface area is 123 Å². The van der Waals surface area contributed by atoms with E-state index in [2.05, 4.69) is 5.48 Å². The largest absolute Gasteiger partial charge is 0.497 e. The minimum Gasteiger partial charge on any atom is -0.497 e. The van der Waals surface area contributed by atoms with Crippen LogP contribution in [0.1, 0.15) is 11.1 Å². The first kappa shape index (κ1) is 14.9. The van der Waals surface area contributed by atoms with Crippen LogP contribution in [0.3, 0.4) is 0 Å². The van der Waals surface area contributed by atoms with Crippen molar-refractivity contribution in [1.29, 1.82) is 0 Å². The molecule has 110 valence electrons. The summed E-state index contributed by atoms with van der Waals surface area (Å²) in [5.41, 5.74) is 4.07. The highest BCUT2D eigenvalue weighted by molar-refractivity contribution is 5.65. The maximum atomic E-state index is 11.4. The first-order chi connectivity index (χ1) is 10.3. The van der Waals surface area contributed by atoms with E-state index in [9.17, 15) is 4.79 Å². The number of amides is 1. The van der Waals surface area contributed by atoms with Crippen LogP contribution < -0.4 is 10.2 Å². The van der Waals surface area contributed by atoms with Gasteiger partial charge in [0, 0.05) is 0 Å². The molecule has 0 fully saturated rings. The van der Waals surface area contributed by atoms with Gasteiger partial charge in [0.2, 0.25) is 0 Å². The standard InChI is InChI=1S/C16H17NO4/c1-19-15-9-7-14(8-10-15)12-21-17-16(18)20-11-13-5-3-2-4-6-13/h2-10H,11-12H2,1H3,(H,17,18). The van der Waals surface area contributed by atoms with Crippen LogP contribution >= 0.6 is 0 Å². The van der Waals surface area contributed by atoms with Crippen LogP contribution in [-0.2, 0) is 22.8 Å². The molecule has 21 heavy (non-hydrogen) atoms. The molecule has 5 nitrogen and oxygen atoms in total. The molecule has 0 aliphatic heterocycles. The summed E-state index contributed by atoms with van der Waals surface area (Å²) in [7, 11) is 1.61. The molecule has 0 radical (unpaired) electrons. The third-order valence-electron chi connectivity index (χ3n) is 2.77. The molecular formula is C16H17NO4. The second-order valence-corrected chi connectivity index (χ2v) is 4.30. The topological polar surface area (TPSA) is 56.8 Å². The van der Waals surface area contributed by atoms with Gasteiger partial charge < -0.3 is 9.47 Å². The monoisotopic (exact) mass is 287 g/mol. The highest BCUT2D eigenvalue weighted by Gasteiger charge is 2.03. The molecule has 2 rings (SSSR count). The maximum absolute atomic E-state index is 11.4. The van der Waals surface area contributed by atoms with E-state index in [1.54, 1.807) is 7.11 Å². The van der Waals surface area contributed by atoms with Gasteiger partial charge in [-0.25, -0.2) is 4.79 Å². The van der Waals surface area contributed by atoms with E-state index < -0.39 is 6.09 Å². The van der Waals surface area contributed by atoms with Crippen LogP contribution in [0.4, 0.5) is 4.79 Å². The quantitative estimate of drug-likeness (QED) is 0.830. The summed E-state index contributed by atoms with van der Waals surface area (Å²) in [5, 5.41) is 0. The average molecular weight is 287 g/mol. The summed E-state index contributed by atoms with van der Waals surface area (Å²) in [5.74, 6) is 0.772. The fourth-order valence-electron chi connectivity index (χ4n) is 1.65. The van der Waals surface area contributed by atoms with Crippen molar-refractivity contribution in [3.63, 3.8) is 0 Å². The smallest absolute Gasteiger partial charge is 0.431 e. The second kappa shape index (κ2) is 7.91. The number of nitrogens with one attached hydrogen (secondary N) is 1. The molecule has 0 aliphatic carbocycles. The maximum Gasteiger partial charge on any atom is 0.431 e. The van der Waals surface area contributed by atoms with Crippen LogP contribution in [0.5, 0.6) is 5.75 Å². The molecule has 0 unspecified atom stereocenters. The molecule has 1 amide bonds. The number of methoxy groups -OCH3 is 1. The Morgan fingerprint density at radius 3 is 2.29 bits per heavy atom. The van der Waals surface area contributed by atoms with Crippen molar-refractivity contribution in [1.82, 2.24) is 5.48 Å². The normalized spacial score (nSPS) is 9.95. The minimum atomic E-state index is -0.618. The van der Waals surface area contributed by atoms with E-state index in [-0.39, 0.29) is 13.2 Å². The number of benzene rings is 2. The molecule has 0 saturated heterocycles. The van der Waals surface area contributed by atoms with Crippen LogP contribution in [0.15, 0.2) is 54.6 Å². The van der Waals surface area contributed by atoms with Crippen LogP contribution in [-0.4, -0.2) is 13.2 Å². The lowest BCUT2D eigenvalue weighted by atomic mass is 10.2. The number of hydrogen-bond acceptors (Lipinski definition) is 4. The zero-order valence-electron chi connectivity index (χ0n) is 11.7. The molecule has 2 aromatic rings. The van der Waals surface area contributed by atoms with Gasteiger partial charge in [-0.3, -0.25) is 4.84 Å². The zero-order chi connectivity index (χ0) is 14.9. The van der Waals surface area contributed by atoms with E-state index in [4.69, 9.17) is 14.3 Å². The van der Waals surface area contributed by atoms with Gasteiger partial charge in [-0.05, 0) is 23.3 Å². The van der Waals surface area contributed by atoms with Crippen molar-refractivity contribution in [2.24, 2.45) is 0 Å². The van der Waals surface area contributed by atoms with Gasteiger partial charge in [-0.1, -0.05) is 42.5 Å². The highest BCUT2D eigenvalue weighted by Crippen LogP contribution is 2.11. The number of carbonyl (C=O) groups excluding carboxylic acids is 1. The van der Waals surface area contributed by atoms with Crippen LogP contribution in [0.2, 0.25) is 0 Å². The summed E-state index contributed by atoms with van der Waals surface area (Å²) >= 11 is 0. The Morgan fingerprint density at radius 1 is 0.952 bits per heavy atom. The van der Waals surface area contributed by atoms with Crippen molar-refractivity contribution >= 4 is 6.09 Å². The second-order valence-electron chi connectivity index (χ2n) is 4.30. The molecule has 5 heteroatoms. The van der Waals surface area contributed by atoms with E-state index in [1.807, 2.05) is 54.6 Å². The highest BCUT2D eigenvalue weighted by atomic mass is 16.7. The van der Waals surface area contributed by atoms with Gasteiger partial charge >= 0.3 is 6.09 Å². The summed E-state index contributed by atoms with van der Waals surface area (Å²) in [6, 6.07) is 16.8. The summed E-state index contributed by atoms with van der Waals surface area (Å²) in [4.78, 5) is 16.5. The lowest BCUT2D eigenvalue weighted by Gasteiger charge is -2.08. The number of rotatable bonds is 6. The van der Waals surface area contributed by atoms with Gasteiger partial charge in [-0.2, -0.15) is 5.48 Å². The lowest BCUT2D eigenvalue weighted by molar-refractivity contribution is 0.0161. The molecule has 1 N–H and O–H groups in total.